The Morgan fingerprint density at radius 2 is 1.78 bits per heavy atom. The highest BCUT2D eigenvalue weighted by Crippen LogP contribution is 2.21. The van der Waals surface area contributed by atoms with Crippen molar-refractivity contribution < 1.29 is 9.59 Å². The van der Waals surface area contributed by atoms with Gasteiger partial charge in [0.25, 0.3) is 0 Å². The number of nitrogens with zero attached hydrogens (tertiary/aromatic N) is 1. The van der Waals surface area contributed by atoms with Crippen LogP contribution < -0.4 is 10.7 Å². The summed E-state index contributed by atoms with van der Waals surface area (Å²) in [5.41, 5.74) is 4.21. The molecule has 2 aromatic carbocycles. The maximum atomic E-state index is 11.8. The summed E-state index contributed by atoms with van der Waals surface area (Å²) in [6.07, 6.45) is 1.36. The van der Waals surface area contributed by atoms with Crippen molar-refractivity contribution in [2.45, 2.75) is 6.92 Å². The second-order valence-corrected chi connectivity index (χ2v) is 5.46. The lowest BCUT2D eigenvalue weighted by Gasteiger charge is -2.06. The van der Waals surface area contributed by atoms with Gasteiger partial charge < -0.3 is 5.32 Å². The fourth-order valence-corrected chi connectivity index (χ4v) is 2.01. The van der Waals surface area contributed by atoms with Crippen molar-refractivity contribution in [3.63, 3.8) is 0 Å². The van der Waals surface area contributed by atoms with Gasteiger partial charge >= 0.3 is 11.8 Å². The molecule has 2 rings (SSSR count). The molecule has 7 heteroatoms. The first-order chi connectivity index (χ1) is 11.0. The number of hydrogen-bond acceptors (Lipinski definition) is 3. The molecule has 0 radical (unpaired) electrons. The van der Waals surface area contributed by atoms with Crippen LogP contribution in [-0.4, -0.2) is 18.0 Å². The number of amides is 2. The molecule has 0 bridgehead atoms. The molecule has 0 spiro atoms. The van der Waals surface area contributed by atoms with Crippen LogP contribution in [0.4, 0.5) is 5.69 Å². The van der Waals surface area contributed by atoms with Crippen molar-refractivity contribution in [3.8, 4) is 0 Å². The number of carbonyl (C=O) groups is 2. The number of anilines is 1. The summed E-state index contributed by atoms with van der Waals surface area (Å²) in [7, 11) is 0. The molecule has 0 aliphatic rings. The minimum absolute atomic E-state index is 0.374. The fraction of sp³-hybridized carbons (Fsp3) is 0.0625. The summed E-state index contributed by atoms with van der Waals surface area (Å²) in [6.45, 7) is 1.83. The number of benzene rings is 2. The Morgan fingerprint density at radius 3 is 2.48 bits per heavy atom. The van der Waals surface area contributed by atoms with Crippen LogP contribution in [0.25, 0.3) is 0 Å². The largest absolute Gasteiger partial charge is 0.329 e. The second kappa shape index (κ2) is 7.76. The van der Waals surface area contributed by atoms with E-state index >= 15 is 0 Å². The molecule has 0 unspecified atom stereocenters. The van der Waals surface area contributed by atoms with Gasteiger partial charge in [0.2, 0.25) is 0 Å². The number of hydrazone groups is 1. The van der Waals surface area contributed by atoms with Crippen molar-refractivity contribution in [1.29, 1.82) is 0 Å². The van der Waals surface area contributed by atoms with Gasteiger partial charge in [-0.05, 0) is 36.2 Å². The highest BCUT2D eigenvalue weighted by Gasteiger charge is 2.13. The molecule has 2 aromatic rings. The van der Waals surface area contributed by atoms with Gasteiger partial charge in [0.1, 0.15) is 0 Å². The molecule has 0 saturated heterocycles. The van der Waals surface area contributed by atoms with E-state index in [0.29, 0.717) is 21.3 Å². The molecule has 2 N–H and O–H groups in total. The fourth-order valence-electron chi connectivity index (χ4n) is 1.70. The van der Waals surface area contributed by atoms with Crippen LogP contribution in [0.3, 0.4) is 0 Å². The third-order valence-electron chi connectivity index (χ3n) is 2.92. The summed E-state index contributed by atoms with van der Waals surface area (Å²) < 4.78 is 0. The Kier molecular flexibility index (Phi) is 5.73. The molecule has 0 aromatic heterocycles. The van der Waals surface area contributed by atoms with Crippen molar-refractivity contribution in [2.24, 2.45) is 5.10 Å². The molecule has 0 fully saturated rings. The van der Waals surface area contributed by atoms with Crippen LogP contribution in [-0.2, 0) is 9.59 Å². The molecular formula is C16H13Cl2N3O2. The van der Waals surface area contributed by atoms with E-state index in [9.17, 15) is 9.59 Å². The summed E-state index contributed by atoms with van der Waals surface area (Å²) >= 11 is 11.7. The standard InChI is InChI=1S/C16H13Cl2N3O2/c1-10-4-2-3-5-14(10)20-15(22)16(23)21-19-9-11-6-7-12(17)13(18)8-11/h2-9H,1H3,(H,20,22)(H,21,23). The van der Waals surface area contributed by atoms with Crippen molar-refractivity contribution in [1.82, 2.24) is 5.43 Å². The lowest BCUT2D eigenvalue weighted by atomic mass is 10.2. The summed E-state index contributed by atoms with van der Waals surface area (Å²) in [4.78, 5) is 23.5. The van der Waals surface area contributed by atoms with Crippen LogP contribution in [0, 0.1) is 6.92 Å². The number of carbonyl (C=O) groups excluding carboxylic acids is 2. The van der Waals surface area contributed by atoms with Gasteiger partial charge in [0, 0.05) is 5.69 Å². The maximum absolute atomic E-state index is 11.8. The number of hydrogen-bond donors (Lipinski definition) is 2. The van der Waals surface area contributed by atoms with E-state index in [4.69, 9.17) is 23.2 Å². The van der Waals surface area contributed by atoms with E-state index in [1.54, 1.807) is 30.3 Å². The number of rotatable bonds is 3. The van der Waals surface area contributed by atoms with E-state index in [1.807, 2.05) is 19.1 Å². The number of nitrogens with one attached hydrogen (secondary N) is 2. The van der Waals surface area contributed by atoms with Gasteiger partial charge in [-0.15, -0.1) is 0 Å². The maximum Gasteiger partial charge on any atom is 0.329 e. The number of halogens is 2. The lowest BCUT2D eigenvalue weighted by Crippen LogP contribution is -2.32. The number of para-hydroxylation sites is 1. The van der Waals surface area contributed by atoms with Gasteiger partial charge in [-0.2, -0.15) is 5.10 Å². The molecule has 0 atom stereocenters. The van der Waals surface area contributed by atoms with Gasteiger partial charge in [0.05, 0.1) is 16.3 Å². The molecule has 0 aliphatic heterocycles. The molecule has 0 heterocycles. The minimum Gasteiger partial charge on any atom is -0.317 e. The predicted molar refractivity (Wildman–Crippen MR) is 92.0 cm³/mol. The summed E-state index contributed by atoms with van der Waals surface area (Å²) in [5, 5.41) is 7.02. The SMILES string of the molecule is Cc1ccccc1NC(=O)C(=O)NN=Cc1ccc(Cl)c(Cl)c1. The average molecular weight is 350 g/mol. The Hall–Kier alpha value is -2.37. The third-order valence-corrected chi connectivity index (χ3v) is 3.66. The number of aryl methyl sites for hydroxylation is 1. The smallest absolute Gasteiger partial charge is 0.317 e. The van der Waals surface area contributed by atoms with Gasteiger partial charge in [-0.1, -0.05) is 47.5 Å². The third kappa shape index (κ3) is 4.81. The van der Waals surface area contributed by atoms with E-state index in [0.717, 1.165) is 5.56 Å². The molecule has 5 nitrogen and oxygen atoms in total. The lowest BCUT2D eigenvalue weighted by molar-refractivity contribution is -0.136. The zero-order valence-corrected chi connectivity index (χ0v) is 13.7. The van der Waals surface area contributed by atoms with Crippen molar-refractivity contribution in [2.75, 3.05) is 5.32 Å². The summed E-state index contributed by atoms with van der Waals surface area (Å²) in [6, 6.07) is 12.0. The highest BCUT2D eigenvalue weighted by molar-refractivity contribution is 6.42. The van der Waals surface area contributed by atoms with E-state index < -0.39 is 11.8 Å². The van der Waals surface area contributed by atoms with Crippen LogP contribution in [0.1, 0.15) is 11.1 Å². The summed E-state index contributed by atoms with van der Waals surface area (Å²) in [5.74, 6) is -1.67. The zero-order valence-electron chi connectivity index (χ0n) is 12.1. The van der Waals surface area contributed by atoms with Crippen molar-refractivity contribution >= 4 is 46.9 Å². The van der Waals surface area contributed by atoms with E-state index in [2.05, 4.69) is 15.8 Å². The van der Waals surface area contributed by atoms with Crippen LogP contribution in [0.5, 0.6) is 0 Å². The quantitative estimate of drug-likeness (QED) is 0.506. The first-order valence-corrected chi connectivity index (χ1v) is 7.38. The van der Waals surface area contributed by atoms with Gasteiger partial charge in [0.15, 0.2) is 0 Å². The van der Waals surface area contributed by atoms with Crippen molar-refractivity contribution in [3.05, 3.63) is 63.6 Å². The Labute approximate surface area is 143 Å². The first-order valence-electron chi connectivity index (χ1n) is 6.62. The van der Waals surface area contributed by atoms with E-state index in [1.165, 1.54) is 6.21 Å². The molecule has 2 amide bonds. The minimum atomic E-state index is -0.871. The second-order valence-electron chi connectivity index (χ2n) is 4.64. The van der Waals surface area contributed by atoms with Crippen LogP contribution in [0.2, 0.25) is 10.0 Å². The molecule has 0 saturated carbocycles. The van der Waals surface area contributed by atoms with Gasteiger partial charge in [-0.25, -0.2) is 5.43 Å². The Balaban J connectivity index is 1.93. The van der Waals surface area contributed by atoms with Crippen LogP contribution in [0.15, 0.2) is 47.6 Å². The van der Waals surface area contributed by atoms with Gasteiger partial charge in [-0.3, -0.25) is 9.59 Å². The zero-order chi connectivity index (χ0) is 16.8. The van der Waals surface area contributed by atoms with Crippen LogP contribution >= 0.6 is 23.2 Å². The predicted octanol–water partition coefficient (Wildman–Crippen LogP) is 3.39. The monoisotopic (exact) mass is 349 g/mol. The average Bonchev–Trinajstić information content (AvgIpc) is 2.53. The molecule has 23 heavy (non-hydrogen) atoms. The molecule has 118 valence electrons. The topological polar surface area (TPSA) is 70.6 Å². The first kappa shape index (κ1) is 17.0. The normalized spacial score (nSPS) is 10.6. The molecule has 0 aliphatic carbocycles. The Bertz CT molecular complexity index is 776. The Morgan fingerprint density at radius 1 is 1.04 bits per heavy atom. The molecular weight excluding hydrogens is 337 g/mol. The highest BCUT2D eigenvalue weighted by atomic mass is 35.5. The van der Waals surface area contributed by atoms with E-state index in [-0.39, 0.29) is 0 Å².